The van der Waals surface area contributed by atoms with Crippen LogP contribution in [-0.4, -0.2) is 40.8 Å². The van der Waals surface area contributed by atoms with Crippen molar-refractivity contribution < 1.29 is 19.2 Å². The number of aromatic nitrogens is 1. The highest BCUT2D eigenvalue weighted by molar-refractivity contribution is 6.00. The molecule has 0 aliphatic carbocycles. The van der Waals surface area contributed by atoms with Crippen LogP contribution in [0.4, 0.5) is 0 Å². The third-order valence-corrected chi connectivity index (χ3v) is 5.33. The van der Waals surface area contributed by atoms with Gasteiger partial charge >= 0.3 is 0 Å². The van der Waals surface area contributed by atoms with Crippen molar-refractivity contribution in [2.24, 2.45) is 0 Å². The lowest BCUT2D eigenvalue weighted by Crippen LogP contribution is -2.36. The molecule has 0 saturated carbocycles. The van der Waals surface area contributed by atoms with Gasteiger partial charge in [0.2, 0.25) is 0 Å². The van der Waals surface area contributed by atoms with Gasteiger partial charge in [0.05, 0.1) is 13.7 Å². The van der Waals surface area contributed by atoms with E-state index in [0.717, 1.165) is 16.9 Å². The van der Waals surface area contributed by atoms with Gasteiger partial charge in [-0.3, -0.25) is 4.79 Å². The van der Waals surface area contributed by atoms with Crippen LogP contribution in [0.1, 0.15) is 29.3 Å². The van der Waals surface area contributed by atoms with E-state index >= 15 is 0 Å². The normalized spacial score (nSPS) is 21.7. The standard InChI is InChI=1S/C22H22N2O4/c1-15-12-22(26,17-6-4-3-5-7-17)14-24(15)21(25)19-13-28-23-20(19)16-8-10-18(27-2)11-9-16/h3-11,13,15,26H,12,14H2,1-2H3. The van der Waals surface area contributed by atoms with Crippen LogP contribution in [-0.2, 0) is 5.60 Å². The quantitative estimate of drug-likeness (QED) is 0.752. The van der Waals surface area contributed by atoms with E-state index in [9.17, 15) is 9.90 Å². The Morgan fingerprint density at radius 2 is 1.93 bits per heavy atom. The van der Waals surface area contributed by atoms with Crippen LogP contribution in [0, 0.1) is 0 Å². The van der Waals surface area contributed by atoms with Crippen molar-refractivity contribution in [3.05, 3.63) is 72.0 Å². The van der Waals surface area contributed by atoms with E-state index in [1.807, 2.05) is 61.5 Å². The van der Waals surface area contributed by atoms with Crippen LogP contribution < -0.4 is 4.74 Å². The van der Waals surface area contributed by atoms with E-state index in [0.29, 0.717) is 17.7 Å². The smallest absolute Gasteiger partial charge is 0.259 e. The van der Waals surface area contributed by atoms with Gasteiger partial charge in [-0.05, 0) is 36.8 Å². The van der Waals surface area contributed by atoms with Gasteiger partial charge in [0.25, 0.3) is 5.91 Å². The molecule has 1 aliphatic rings. The van der Waals surface area contributed by atoms with E-state index in [1.165, 1.54) is 6.26 Å². The molecule has 0 radical (unpaired) electrons. The van der Waals surface area contributed by atoms with Crippen molar-refractivity contribution in [3.8, 4) is 17.0 Å². The number of nitrogens with zero attached hydrogens (tertiary/aromatic N) is 2. The van der Waals surface area contributed by atoms with Gasteiger partial charge in [-0.15, -0.1) is 0 Å². The molecule has 1 aromatic heterocycles. The predicted octanol–water partition coefficient (Wildman–Crippen LogP) is 3.47. The number of hydrogen-bond donors (Lipinski definition) is 1. The number of likely N-dealkylation sites (tertiary alicyclic amines) is 1. The Kier molecular flexibility index (Phi) is 4.65. The fourth-order valence-electron chi connectivity index (χ4n) is 3.83. The lowest BCUT2D eigenvalue weighted by Gasteiger charge is -2.24. The maximum Gasteiger partial charge on any atom is 0.259 e. The Morgan fingerprint density at radius 1 is 1.21 bits per heavy atom. The minimum atomic E-state index is -1.06. The van der Waals surface area contributed by atoms with Crippen molar-refractivity contribution in [1.29, 1.82) is 0 Å². The van der Waals surface area contributed by atoms with Gasteiger partial charge < -0.3 is 19.3 Å². The summed E-state index contributed by atoms with van der Waals surface area (Å²) in [4.78, 5) is 14.9. The number of amides is 1. The molecule has 2 aromatic carbocycles. The Balaban J connectivity index is 1.61. The van der Waals surface area contributed by atoms with E-state index in [1.54, 1.807) is 12.0 Å². The number of methoxy groups -OCH3 is 1. The Labute approximate surface area is 163 Å². The first-order valence-electron chi connectivity index (χ1n) is 9.19. The molecule has 6 heteroatoms. The van der Waals surface area contributed by atoms with Crippen molar-refractivity contribution in [1.82, 2.24) is 10.1 Å². The summed E-state index contributed by atoms with van der Waals surface area (Å²) in [6.07, 6.45) is 1.85. The molecule has 0 bridgehead atoms. The molecule has 3 aromatic rings. The summed E-state index contributed by atoms with van der Waals surface area (Å²) in [5, 5.41) is 15.2. The van der Waals surface area contributed by atoms with Gasteiger partial charge in [0.1, 0.15) is 28.9 Å². The van der Waals surface area contributed by atoms with Gasteiger partial charge in [-0.2, -0.15) is 0 Å². The molecule has 28 heavy (non-hydrogen) atoms. The average Bonchev–Trinajstić information content (AvgIpc) is 3.33. The second kappa shape index (κ2) is 7.13. The van der Waals surface area contributed by atoms with E-state index in [-0.39, 0.29) is 18.5 Å². The molecule has 0 spiro atoms. The zero-order valence-electron chi connectivity index (χ0n) is 15.8. The highest BCUT2D eigenvalue weighted by Gasteiger charge is 2.44. The number of carbonyl (C=O) groups excluding carboxylic acids is 1. The summed E-state index contributed by atoms with van der Waals surface area (Å²) in [7, 11) is 1.60. The number of hydrogen-bond acceptors (Lipinski definition) is 5. The maximum absolute atomic E-state index is 13.2. The number of β-amino-alcohol motifs (C(OH)–C–C–N with tert-alkyl or cyclic N) is 1. The Morgan fingerprint density at radius 3 is 2.61 bits per heavy atom. The first-order chi connectivity index (χ1) is 13.5. The van der Waals surface area contributed by atoms with Crippen LogP contribution in [0.15, 0.2) is 65.4 Å². The second-order valence-corrected chi connectivity index (χ2v) is 7.19. The van der Waals surface area contributed by atoms with Crippen LogP contribution in [0.2, 0.25) is 0 Å². The van der Waals surface area contributed by atoms with Crippen molar-refractivity contribution in [2.45, 2.75) is 25.0 Å². The summed E-state index contributed by atoms with van der Waals surface area (Å²) in [5.41, 5.74) is 1.39. The first kappa shape index (κ1) is 18.3. The molecule has 2 heterocycles. The second-order valence-electron chi connectivity index (χ2n) is 7.19. The van der Waals surface area contributed by atoms with Gasteiger partial charge in [-0.25, -0.2) is 0 Å². The summed E-state index contributed by atoms with van der Waals surface area (Å²) in [5.74, 6) is 0.521. The molecule has 1 saturated heterocycles. The zero-order chi connectivity index (χ0) is 19.7. The molecule has 1 N–H and O–H groups in total. The Bertz CT molecular complexity index is 968. The Hall–Kier alpha value is -3.12. The molecule has 1 fully saturated rings. The fraction of sp³-hybridized carbons (Fsp3) is 0.273. The van der Waals surface area contributed by atoms with Crippen LogP contribution in [0.3, 0.4) is 0 Å². The number of aliphatic hydroxyl groups is 1. The first-order valence-corrected chi connectivity index (χ1v) is 9.19. The lowest BCUT2D eigenvalue weighted by molar-refractivity contribution is 0.0417. The third kappa shape index (κ3) is 3.16. The predicted molar refractivity (Wildman–Crippen MR) is 104 cm³/mol. The van der Waals surface area contributed by atoms with Crippen LogP contribution in [0.25, 0.3) is 11.3 Å². The molecule has 6 nitrogen and oxygen atoms in total. The summed E-state index contributed by atoms with van der Waals surface area (Å²) in [6.45, 7) is 2.17. The number of carbonyl (C=O) groups is 1. The van der Waals surface area contributed by atoms with Crippen LogP contribution in [0.5, 0.6) is 5.75 Å². The van der Waals surface area contributed by atoms with E-state index in [2.05, 4.69) is 5.16 Å². The topological polar surface area (TPSA) is 75.8 Å². The van der Waals surface area contributed by atoms with Gasteiger partial charge in [-0.1, -0.05) is 35.5 Å². The number of rotatable bonds is 4. The molecule has 2 atom stereocenters. The van der Waals surface area contributed by atoms with Gasteiger partial charge in [0, 0.05) is 18.0 Å². The zero-order valence-corrected chi connectivity index (χ0v) is 15.8. The minimum Gasteiger partial charge on any atom is -0.497 e. The van der Waals surface area contributed by atoms with Crippen molar-refractivity contribution >= 4 is 5.91 Å². The molecule has 144 valence electrons. The molecule has 4 rings (SSSR count). The summed E-state index contributed by atoms with van der Waals surface area (Å²) >= 11 is 0. The minimum absolute atomic E-state index is 0.115. The van der Waals surface area contributed by atoms with Gasteiger partial charge in [0.15, 0.2) is 0 Å². The van der Waals surface area contributed by atoms with E-state index < -0.39 is 5.60 Å². The summed E-state index contributed by atoms with van der Waals surface area (Å²) in [6, 6.07) is 16.7. The van der Waals surface area contributed by atoms with Crippen molar-refractivity contribution in [3.63, 3.8) is 0 Å². The summed E-state index contributed by atoms with van der Waals surface area (Å²) < 4.78 is 10.3. The number of benzene rings is 2. The largest absolute Gasteiger partial charge is 0.497 e. The molecular formula is C22H22N2O4. The maximum atomic E-state index is 13.2. The van der Waals surface area contributed by atoms with Crippen molar-refractivity contribution in [2.75, 3.05) is 13.7 Å². The van der Waals surface area contributed by atoms with E-state index in [4.69, 9.17) is 9.26 Å². The molecule has 1 aliphatic heterocycles. The SMILES string of the molecule is COc1ccc(-c2nocc2C(=O)N2CC(O)(c3ccccc3)CC2C)cc1. The van der Waals surface area contributed by atoms with Crippen LogP contribution >= 0.6 is 0 Å². The molecule has 1 amide bonds. The fourth-order valence-corrected chi connectivity index (χ4v) is 3.83. The highest BCUT2D eigenvalue weighted by atomic mass is 16.5. The number of ether oxygens (including phenoxy) is 1. The third-order valence-electron chi connectivity index (χ3n) is 5.33. The molecule has 2 unspecified atom stereocenters. The lowest BCUT2D eigenvalue weighted by atomic mass is 9.92. The average molecular weight is 378 g/mol. The highest BCUT2D eigenvalue weighted by Crippen LogP contribution is 2.37. The monoisotopic (exact) mass is 378 g/mol. The molecular weight excluding hydrogens is 356 g/mol.